The molecule has 2 rings (SSSR count). The summed E-state index contributed by atoms with van der Waals surface area (Å²) in [6.07, 6.45) is -4.17. The Morgan fingerprint density at radius 1 is 1.22 bits per heavy atom. The van der Waals surface area contributed by atoms with Crippen molar-refractivity contribution in [3.8, 4) is 11.5 Å². The number of pyridine rings is 1. The zero-order valence-corrected chi connectivity index (χ0v) is 11.9. The largest absolute Gasteiger partial charge is 0.457 e. The lowest BCUT2D eigenvalue weighted by atomic mass is 10.3. The molecular weight excluding hydrogens is 318 g/mol. The van der Waals surface area contributed by atoms with Crippen LogP contribution in [0.3, 0.4) is 0 Å². The summed E-state index contributed by atoms with van der Waals surface area (Å²) in [6.45, 7) is 0. The van der Waals surface area contributed by atoms with E-state index < -0.39 is 12.5 Å². The van der Waals surface area contributed by atoms with E-state index in [-0.39, 0.29) is 5.82 Å². The molecule has 0 saturated carbocycles. The first-order chi connectivity index (χ1) is 10.7. The molecule has 0 spiro atoms. The van der Waals surface area contributed by atoms with E-state index in [0.29, 0.717) is 23.0 Å². The van der Waals surface area contributed by atoms with Crippen molar-refractivity contribution in [1.82, 2.24) is 4.98 Å². The Morgan fingerprint density at radius 3 is 2.30 bits per heavy atom. The molecule has 0 fully saturated rings. The Morgan fingerprint density at radius 2 is 1.83 bits per heavy atom. The molecule has 9 heteroatoms. The monoisotopic (exact) mass is 331 g/mol. The molecule has 0 unspecified atom stereocenters. The third-order valence-electron chi connectivity index (χ3n) is 2.33. The van der Waals surface area contributed by atoms with Crippen molar-refractivity contribution >= 4 is 17.8 Å². The number of alkyl halides is 3. The maximum atomic E-state index is 13.5. The van der Waals surface area contributed by atoms with Crippen molar-refractivity contribution in [1.29, 1.82) is 0 Å². The van der Waals surface area contributed by atoms with Crippen molar-refractivity contribution in [3.05, 3.63) is 42.3 Å². The number of nitrogens with two attached hydrogens (primary N) is 1. The molecule has 1 heterocycles. The van der Waals surface area contributed by atoms with Gasteiger partial charge in [-0.1, -0.05) is 0 Å². The Balaban J connectivity index is 0.000000379. The van der Waals surface area contributed by atoms with Gasteiger partial charge in [0.2, 0.25) is 6.29 Å². The van der Waals surface area contributed by atoms with Crippen molar-refractivity contribution in [2.75, 3.05) is 18.1 Å². The molecule has 3 N–H and O–H groups in total. The zero-order valence-electron chi connectivity index (χ0n) is 11.9. The highest BCUT2D eigenvalue weighted by atomic mass is 19.4. The van der Waals surface area contributed by atoms with Crippen molar-refractivity contribution < 1.29 is 27.1 Å². The number of benzene rings is 1. The summed E-state index contributed by atoms with van der Waals surface area (Å²) in [5, 5.41) is 2.73. The molecule has 0 atom stereocenters. The second kappa shape index (κ2) is 7.97. The van der Waals surface area contributed by atoms with Crippen LogP contribution < -0.4 is 15.8 Å². The number of nitrogens with zero attached hydrogens (tertiary/aromatic N) is 1. The number of aldehydes is 1. The van der Waals surface area contributed by atoms with Gasteiger partial charge >= 0.3 is 6.18 Å². The molecule has 0 amide bonds. The lowest BCUT2D eigenvalue weighted by Gasteiger charge is -2.08. The summed E-state index contributed by atoms with van der Waals surface area (Å²) in [5.41, 5.74) is 5.94. The number of hydrogen-bond donors (Lipinski definition) is 2. The lowest BCUT2D eigenvalue weighted by Crippen LogP contribution is -2.07. The number of carbonyl (C=O) groups excluding carboxylic acids is 1. The van der Waals surface area contributed by atoms with Gasteiger partial charge in [0.15, 0.2) is 0 Å². The van der Waals surface area contributed by atoms with Gasteiger partial charge in [0.25, 0.3) is 0 Å². The number of halogens is 4. The molecule has 124 valence electrons. The fourth-order valence-corrected chi connectivity index (χ4v) is 1.39. The topological polar surface area (TPSA) is 77.2 Å². The highest BCUT2D eigenvalue weighted by Gasteiger charge is 2.24. The predicted molar refractivity (Wildman–Crippen MR) is 76.8 cm³/mol. The lowest BCUT2D eigenvalue weighted by molar-refractivity contribution is -0.156. The van der Waals surface area contributed by atoms with Crippen LogP contribution in [0, 0.1) is 5.82 Å². The molecule has 0 bridgehead atoms. The molecular formula is C14H13F4N3O2. The summed E-state index contributed by atoms with van der Waals surface area (Å²) < 4.78 is 50.2. The quantitative estimate of drug-likeness (QED) is 0.666. The van der Waals surface area contributed by atoms with Gasteiger partial charge in [-0.15, -0.1) is 0 Å². The van der Waals surface area contributed by atoms with Crippen LogP contribution in [0.2, 0.25) is 0 Å². The fraction of sp³-hybridized carbons (Fsp3) is 0.143. The third kappa shape index (κ3) is 6.64. The van der Waals surface area contributed by atoms with E-state index in [4.69, 9.17) is 15.3 Å². The smallest absolute Gasteiger partial charge is 0.446 e. The Hall–Kier alpha value is -2.84. The van der Waals surface area contributed by atoms with Crippen LogP contribution in [-0.4, -0.2) is 24.5 Å². The van der Waals surface area contributed by atoms with Gasteiger partial charge < -0.3 is 15.8 Å². The van der Waals surface area contributed by atoms with E-state index in [2.05, 4.69) is 10.3 Å². The number of carbonyl (C=O) groups is 1. The van der Waals surface area contributed by atoms with Crippen LogP contribution >= 0.6 is 0 Å². The highest BCUT2D eigenvalue weighted by Crippen LogP contribution is 2.25. The summed E-state index contributed by atoms with van der Waals surface area (Å²) in [6, 6.07) is 7.81. The number of aromatic nitrogens is 1. The van der Waals surface area contributed by atoms with Gasteiger partial charge in [0, 0.05) is 25.4 Å². The minimum Gasteiger partial charge on any atom is -0.457 e. The first-order valence-electron chi connectivity index (χ1n) is 6.15. The Kier molecular flexibility index (Phi) is 6.31. The van der Waals surface area contributed by atoms with Crippen molar-refractivity contribution in [2.24, 2.45) is 0 Å². The van der Waals surface area contributed by atoms with Gasteiger partial charge in [-0.3, -0.25) is 4.79 Å². The minimum atomic E-state index is -4.64. The first kappa shape index (κ1) is 18.2. The summed E-state index contributed by atoms with van der Waals surface area (Å²) in [7, 11) is 1.66. The van der Waals surface area contributed by atoms with Crippen LogP contribution in [-0.2, 0) is 4.79 Å². The van der Waals surface area contributed by atoms with Gasteiger partial charge in [-0.25, -0.2) is 9.37 Å². The molecule has 0 aliphatic heterocycles. The number of anilines is 2. The van der Waals surface area contributed by atoms with Crippen molar-refractivity contribution in [2.45, 2.75) is 6.18 Å². The first-order valence-corrected chi connectivity index (χ1v) is 6.15. The molecule has 5 nitrogen and oxygen atoms in total. The Bertz CT molecular complexity index is 663. The maximum absolute atomic E-state index is 13.5. The van der Waals surface area contributed by atoms with Crippen molar-refractivity contribution in [3.63, 3.8) is 0 Å². The number of nitrogen functional groups attached to an aromatic ring is 1. The minimum absolute atomic E-state index is 0.356. The van der Waals surface area contributed by atoms with Crippen LogP contribution in [0.4, 0.5) is 29.1 Å². The summed E-state index contributed by atoms with van der Waals surface area (Å²) in [4.78, 5) is 12.5. The molecule has 1 aromatic heterocycles. The normalized spacial score (nSPS) is 10.3. The second-order valence-electron chi connectivity index (χ2n) is 4.07. The van der Waals surface area contributed by atoms with Crippen LogP contribution in [0.1, 0.15) is 0 Å². The average molecular weight is 331 g/mol. The molecule has 1 aromatic carbocycles. The van der Waals surface area contributed by atoms with Gasteiger partial charge in [0.1, 0.15) is 23.1 Å². The van der Waals surface area contributed by atoms with E-state index in [9.17, 15) is 17.6 Å². The van der Waals surface area contributed by atoms with E-state index in [0.717, 1.165) is 0 Å². The van der Waals surface area contributed by atoms with E-state index >= 15 is 0 Å². The van der Waals surface area contributed by atoms with E-state index in [1.54, 1.807) is 31.3 Å². The molecule has 23 heavy (non-hydrogen) atoms. The fourth-order valence-electron chi connectivity index (χ4n) is 1.39. The molecule has 0 radical (unpaired) electrons. The number of ether oxygens (including phenoxy) is 1. The third-order valence-corrected chi connectivity index (χ3v) is 2.33. The standard InChI is InChI=1S/C12H12FN3O.C2HF3O/c1-15-11-3-2-8(6-10(11)13)17-9-4-5-16-12(14)7-9;3-2(4,5)1-6/h2-7,15H,1H3,(H2,14,16);1H. The molecule has 2 aromatic rings. The number of hydrogen-bond acceptors (Lipinski definition) is 5. The number of rotatable bonds is 3. The van der Waals surface area contributed by atoms with Gasteiger partial charge in [-0.2, -0.15) is 13.2 Å². The predicted octanol–water partition coefficient (Wildman–Crippen LogP) is 3.38. The summed E-state index contributed by atoms with van der Waals surface area (Å²) in [5.74, 6) is 0.919. The number of nitrogens with one attached hydrogen (secondary N) is 1. The van der Waals surface area contributed by atoms with Gasteiger partial charge in [-0.05, 0) is 18.2 Å². The molecule has 0 aliphatic carbocycles. The van der Waals surface area contributed by atoms with Crippen LogP contribution in [0.5, 0.6) is 11.5 Å². The highest BCUT2D eigenvalue weighted by molar-refractivity contribution is 5.56. The molecule has 0 saturated heterocycles. The average Bonchev–Trinajstić information content (AvgIpc) is 2.47. The second-order valence-corrected chi connectivity index (χ2v) is 4.07. The maximum Gasteiger partial charge on any atom is 0.446 e. The van der Waals surface area contributed by atoms with Crippen LogP contribution in [0.15, 0.2) is 36.5 Å². The SMILES string of the molecule is CNc1ccc(Oc2ccnc(N)c2)cc1F.O=CC(F)(F)F. The van der Waals surface area contributed by atoms with Gasteiger partial charge in [0.05, 0.1) is 5.69 Å². The van der Waals surface area contributed by atoms with E-state index in [1.807, 2.05) is 0 Å². The zero-order chi connectivity index (χ0) is 17.5. The Labute approximate surface area is 129 Å². The summed E-state index contributed by atoms with van der Waals surface area (Å²) >= 11 is 0. The van der Waals surface area contributed by atoms with Crippen LogP contribution in [0.25, 0.3) is 0 Å². The molecule has 0 aliphatic rings. The van der Waals surface area contributed by atoms with E-state index in [1.165, 1.54) is 12.3 Å².